The molecule has 1 aromatic heterocycles. The summed E-state index contributed by atoms with van der Waals surface area (Å²) in [6.45, 7) is 1.70. The molecule has 0 unspecified atom stereocenters. The summed E-state index contributed by atoms with van der Waals surface area (Å²) in [6.07, 6.45) is 0. The normalized spacial score (nSPS) is 11.8. The lowest BCUT2D eigenvalue weighted by Gasteiger charge is -1.96. The SMILES string of the molecule is Cc1noc(/C(Cl)=N\c2ccccc2Cl)n1. The van der Waals surface area contributed by atoms with Gasteiger partial charge in [0.25, 0.3) is 5.89 Å². The molecular formula is C10H7Cl2N3O. The average molecular weight is 256 g/mol. The third kappa shape index (κ3) is 2.40. The van der Waals surface area contributed by atoms with Crippen molar-refractivity contribution >= 4 is 34.1 Å². The van der Waals surface area contributed by atoms with E-state index < -0.39 is 0 Å². The minimum absolute atomic E-state index is 0.119. The van der Waals surface area contributed by atoms with E-state index in [0.29, 0.717) is 16.5 Å². The van der Waals surface area contributed by atoms with Gasteiger partial charge in [-0.2, -0.15) is 4.98 Å². The second-order valence-electron chi connectivity index (χ2n) is 3.00. The fraction of sp³-hybridized carbons (Fsp3) is 0.100. The van der Waals surface area contributed by atoms with E-state index in [1.54, 1.807) is 19.1 Å². The van der Waals surface area contributed by atoms with Gasteiger partial charge in [-0.1, -0.05) is 40.5 Å². The number of aryl methyl sites for hydroxylation is 1. The van der Waals surface area contributed by atoms with Gasteiger partial charge in [0, 0.05) is 0 Å². The molecule has 0 atom stereocenters. The van der Waals surface area contributed by atoms with Crippen molar-refractivity contribution in [3.63, 3.8) is 0 Å². The van der Waals surface area contributed by atoms with E-state index in [9.17, 15) is 0 Å². The maximum Gasteiger partial charge on any atom is 0.288 e. The van der Waals surface area contributed by atoms with Crippen molar-refractivity contribution in [2.45, 2.75) is 6.92 Å². The minimum atomic E-state index is 0.119. The van der Waals surface area contributed by atoms with Crippen LogP contribution in [0.15, 0.2) is 33.8 Å². The predicted molar refractivity (Wildman–Crippen MR) is 62.5 cm³/mol. The van der Waals surface area contributed by atoms with Crippen LogP contribution < -0.4 is 0 Å². The smallest absolute Gasteiger partial charge is 0.288 e. The van der Waals surface area contributed by atoms with Crippen molar-refractivity contribution in [2.24, 2.45) is 4.99 Å². The van der Waals surface area contributed by atoms with E-state index in [0.717, 1.165) is 0 Å². The van der Waals surface area contributed by atoms with Crippen LogP contribution in [0.4, 0.5) is 5.69 Å². The highest BCUT2D eigenvalue weighted by atomic mass is 35.5. The number of hydrogen-bond acceptors (Lipinski definition) is 4. The number of benzene rings is 1. The molecule has 82 valence electrons. The maximum atomic E-state index is 5.93. The topological polar surface area (TPSA) is 51.3 Å². The predicted octanol–water partition coefficient (Wildman–Crippen LogP) is 3.35. The van der Waals surface area contributed by atoms with E-state index in [-0.39, 0.29) is 11.1 Å². The number of rotatable bonds is 2. The molecule has 2 rings (SSSR count). The van der Waals surface area contributed by atoms with Gasteiger partial charge in [-0.3, -0.25) is 0 Å². The fourth-order valence-electron chi connectivity index (χ4n) is 1.08. The van der Waals surface area contributed by atoms with Gasteiger partial charge in [0.1, 0.15) is 0 Å². The van der Waals surface area contributed by atoms with Crippen LogP contribution in [0.2, 0.25) is 5.02 Å². The van der Waals surface area contributed by atoms with Crippen molar-refractivity contribution in [3.8, 4) is 0 Å². The van der Waals surface area contributed by atoms with Gasteiger partial charge >= 0.3 is 0 Å². The molecule has 0 aliphatic heterocycles. The lowest BCUT2D eigenvalue weighted by molar-refractivity contribution is 0.407. The van der Waals surface area contributed by atoms with Gasteiger partial charge in [-0.15, -0.1) is 0 Å². The summed E-state index contributed by atoms with van der Waals surface area (Å²) in [6, 6.07) is 7.09. The Labute approximate surface area is 102 Å². The molecule has 4 nitrogen and oxygen atoms in total. The Morgan fingerprint density at radius 3 is 2.75 bits per heavy atom. The monoisotopic (exact) mass is 255 g/mol. The number of halogens is 2. The van der Waals surface area contributed by atoms with Crippen LogP contribution >= 0.6 is 23.2 Å². The van der Waals surface area contributed by atoms with Gasteiger partial charge < -0.3 is 4.52 Å². The molecule has 0 N–H and O–H groups in total. The zero-order valence-corrected chi connectivity index (χ0v) is 9.83. The standard InChI is InChI=1S/C10H7Cl2N3O/c1-6-13-10(16-15-6)9(12)14-8-5-3-2-4-7(8)11/h2-5H,1H3/b14-9+. The summed E-state index contributed by atoms with van der Waals surface area (Å²) < 4.78 is 4.87. The molecular weight excluding hydrogens is 249 g/mol. The number of hydrogen-bond donors (Lipinski definition) is 0. The largest absolute Gasteiger partial charge is 0.331 e. The number of para-hydroxylation sites is 1. The first-order chi connectivity index (χ1) is 7.66. The van der Waals surface area contributed by atoms with Gasteiger partial charge in [-0.25, -0.2) is 4.99 Å². The highest BCUT2D eigenvalue weighted by molar-refractivity contribution is 6.69. The molecule has 0 fully saturated rings. The Kier molecular flexibility index (Phi) is 3.22. The maximum absolute atomic E-state index is 5.93. The third-order valence-electron chi connectivity index (χ3n) is 1.78. The zero-order valence-electron chi connectivity index (χ0n) is 8.32. The molecule has 0 spiro atoms. The van der Waals surface area contributed by atoms with Crippen molar-refractivity contribution in [1.29, 1.82) is 0 Å². The zero-order chi connectivity index (χ0) is 11.5. The quantitative estimate of drug-likeness (QED) is 0.774. The summed E-state index contributed by atoms with van der Waals surface area (Å²) in [5.74, 6) is 0.682. The van der Waals surface area contributed by atoms with E-state index in [4.69, 9.17) is 27.7 Å². The summed E-state index contributed by atoms with van der Waals surface area (Å²) in [7, 11) is 0. The molecule has 0 radical (unpaired) electrons. The summed E-state index contributed by atoms with van der Waals surface area (Å²) in [5, 5.41) is 4.25. The van der Waals surface area contributed by atoms with Crippen LogP contribution in [0.5, 0.6) is 0 Å². The van der Waals surface area contributed by atoms with Crippen molar-refractivity contribution in [1.82, 2.24) is 10.1 Å². The summed E-state index contributed by atoms with van der Waals surface area (Å²) in [4.78, 5) is 8.05. The molecule has 2 aromatic rings. The van der Waals surface area contributed by atoms with Gasteiger partial charge in [0.15, 0.2) is 11.0 Å². The van der Waals surface area contributed by atoms with Crippen LogP contribution in [0.25, 0.3) is 0 Å². The molecule has 6 heteroatoms. The minimum Gasteiger partial charge on any atom is -0.331 e. The van der Waals surface area contributed by atoms with Crippen LogP contribution in [-0.2, 0) is 0 Å². The number of aromatic nitrogens is 2. The van der Waals surface area contributed by atoms with Crippen LogP contribution in [0.3, 0.4) is 0 Å². The van der Waals surface area contributed by atoms with Crippen molar-refractivity contribution in [2.75, 3.05) is 0 Å². The lowest BCUT2D eigenvalue weighted by atomic mass is 10.3. The number of nitrogens with zero attached hydrogens (tertiary/aromatic N) is 3. The van der Waals surface area contributed by atoms with E-state index in [1.165, 1.54) is 0 Å². The Morgan fingerprint density at radius 1 is 1.38 bits per heavy atom. The molecule has 0 saturated carbocycles. The first-order valence-corrected chi connectivity index (χ1v) is 5.22. The first kappa shape index (κ1) is 11.1. The fourth-order valence-corrected chi connectivity index (χ4v) is 1.42. The van der Waals surface area contributed by atoms with E-state index >= 15 is 0 Å². The molecule has 0 saturated heterocycles. The molecule has 0 aliphatic rings. The van der Waals surface area contributed by atoms with Crippen LogP contribution in [-0.4, -0.2) is 15.3 Å². The molecule has 0 bridgehead atoms. The summed E-state index contributed by atoms with van der Waals surface area (Å²) in [5.41, 5.74) is 0.560. The summed E-state index contributed by atoms with van der Waals surface area (Å²) >= 11 is 11.8. The highest BCUT2D eigenvalue weighted by Gasteiger charge is 2.09. The van der Waals surface area contributed by atoms with E-state index in [1.807, 2.05) is 12.1 Å². The second kappa shape index (κ2) is 4.63. The molecule has 1 heterocycles. The highest BCUT2D eigenvalue weighted by Crippen LogP contribution is 2.25. The van der Waals surface area contributed by atoms with Crippen LogP contribution in [0.1, 0.15) is 11.7 Å². The van der Waals surface area contributed by atoms with Crippen LogP contribution in [0, 0.1) is 6.92 Å². The van der Waals surface area contributed by atoms with Crippen molar-refractivity contribution < 1.29 is 4.52 Å². The number of aliphatic imine (C=N–C) groups is 1. The van der Waals surface area contributed by atoms with E-state index in [2.05, 4.69) is 15.1 Å². The Balaban J connectivity index is 2.35. The van der Waals surface area contributed by atoms with Gasteiger partial charge in [0.05, 0.1) is 10.7 Å². The third-order valence-corrected chi connectivity index (χ3v) is 2.34. The molecule has 0 aliphatic carbocycles. The van der Waals surface area contributed by atoms with Gasteiger partial charge in [0.2, 0.25) is 0 Å². The first-order valence-electron chi connectivity index (χ1n) is 4.46. The van der Waals surface area contributed by atoms with Crippen molar-refractivity contribution in [3.05, 3.63) is 41.0 Å². The lowest BCUT2D eigenvalue weighted by Crippen LogP contribution is -1.90. The molecule has 16 heavy (non-hydrogen) atoms. The second-order valence-corrected chi connectivity index (χ2v) is 3.77. The Bertz CT molecular complexity index is 536. The Hall–Kier alpha value is -1.39. The molecule has 0 amide bonds. The van der Waals surface area contributed by atoms with Gasteiger partial charge in [-0.05, 0) is 19.1 Å². The Morgan fingerprint density at radius 2 is 2.12 bits per heavy atom. The average Bonchev–Trinajstić information content (AvgIpc) is 2.68. The molecule has 1 aromatic carbocycles.